The maximum Gasteiger partial charge on any atom is 0.251 e. The first-order chi connectivity index (χ1) is 9.45. The van der Waals surface area contributed by atoms with E-state index in [9.17, 15) is 4.79 Å². The molecule has 6 heteroatoms. The molecule has 1 N–H and O–H groups in total. The van der Waals surface area contributed by atoms with Crippen LogP contribution in [-0.2, 0) is 0 Å². The summed E-state index contributed by atoms with van der Waals surface area (Å²) in [7, 11) is 0. The van der Waals surface area contributed by atoms with Crippen molar-refractivity contribution in [3.63, 3.8) is 0 Å². The molecule has 0 saturated carbocycles. The third-order valence-corrected chi connectivity index (χ3v) is 3.34. The van der Waals surface area contributed by atoms with Gasteiger partial charge in [-0.15, -0.1) is 0 Å². The molecule has 0 aliphatic carbocycles. The van der Waals surface area contributed by atoms with Crippen LogP contribution in [0.15, 0.2) is 36.4 Å². The molecule has 0 aliphatic heterocycles. The Morgan fingerprint density at radius 3 is 2.40 bits per heavy atom. The number of nitrogens with one attached hydrogen (secondary N) is 1. The Hall–Kier alpha value is -1.29. The minimum atomic E-state index is -0.274. The number of carbonyl (C=O) groups excluding carboxylic acids is 1. The zero-order chi connectivity index (χ0) is 14.7. The summed E-state index contributed by atoms with van der Waals surface area (Å²) >= 11 is 17.5. The molecule has 0 saturated heterocycles. The number of benzene rings is 1. The molecule has 0 bridgehead atoms. The zero-order valence-corrected chi connectivity index (χ0v) is 12.8. The summed E-state index contributed by atoms with van der Waals surface area (Å²) in [6, 6.07) is 10.1. The fraction of sp³-hybridized carbons (Fsp3) is 0.143. The van der Waals surface area contributed by atoms with Gasteiger partial charge in [0.15, 0.2) is 0 Å². The number of hydrogen-bond acceptors (Lipinski definition) is 2. The number of hydrogen-bond donors (Lipinski definition) is 1. The molecule has 1 heterocycles. The lowest BCUT2D eigenvalue weighted by Crippen LogP contribution is -2.26. The number of pyridine rings is 1. The highest BCUT2D eigenvalue weighted by Gasteiger charge is 2.13. The van der Waals surface area contributed by atoms with E-state index in [2.05, 4.69) is 10.3 Å². The number of amides is 1. The summed E-state index contributed by atoms with van der Waals surface area (Å²) in [5, 5.41) is 3.83. The predicted octanol–water partition coefficient (Wildman–Crippen LogP) is 4.53. The molecule has 0 spiro atoms. The standard InChI is InChI=1S/C14H11Cl3N2O/c1-8(9-3-2-4-11(15)5-9)18-14(20)10-6-12(16)19-13(17)7-10/h2-8H,1H3,(H,18,20). The van der Waals surface area contributed by atoms with Gasteiger partial charge >= 0.3 is 0 Å². The lowest BCUT2D eigenvalue weighted by atomic mass is 10.1. The molecule has 0 fully saturated rings. The lowest BCUT2D eigenvalue weighted by Gasteiger charge is -2.14. The topological polar surface area (TPSA) is 42.0 Å². The zero-order valence-electron chi connectivity index (χ0n) is 10.5. The Bertz CT molecular complexity index is 626. The van der Waals surface area contributed by atoms with E-state index in [-0.39, 0.29) is 22.3 Å². The Labute approximate surface area is 131 Å². The second-order valence-electron chi connectivity index (χ2n) is 4.25. The number of carbonyl (C=O) groups is 1. The second kappa shape index (κ2) is 6.44. The monoisotopic (exact) mass is 328 g/mol. The summed E-state index contributed by atoms with van der Waals surface area (Å²) in [6.45, 7) is 1.87. The molecule has 1 amide bonds. The third-order valence-electron chi connectivity index (χ3n) is 2.72. The van der Waals surface area contributed by atoms with Crippen LogP contribution in [0.3, 0.4) is 0 Å². The highest BCUT2D eigenvalue weighted by molar-refractivity contribution is 6.33. The quantitative estimate of drug-likeness (QED) is 0.840. The molecule has 2 aromatic rings. The molecule has 1 unspecified atom stereocenters. The first-order valence-corrected chi connectivity index (χ1v) is 6.98. The van der Waals surface area contributed by atoms with Crippen molar-refractivity contribution in [3.05, 3.63) is 62.9 Å². The Morgan fingerprint density at radius 2 is 1.80 bits per heavy atom. The van der Waals surface area contributed by atoms with Gasteiger partial charge in [-0.25, -0.2) is 4.98 Å². The number of rotatable bonds is 3. The second-order valence-corrected chi connectivity index (χ2v) is 5.46. The van der Waals surface area contributed by atoms with Gasteiger partial charge in [0.2, 0.25) is 0 Å². The van der Waals surface area contributed by atoms with Gasteiger partial charge in [-0.1, -0.05) is 46.9 Å². The maximum atomic E-state index is 12.1. The van der Waals surface area contributed by atoms with Gasteiger partial charge in [-0.05, 0) is 36.8 Å². The van der Waals surface area contributed by atoms with E-state index in [1.54, 1.807) is 12.1 Å². The maximum absolute atomic E-state index is 12.1. The van der Waals surface area contributed by atoms with E-state index >= 15 is 0 Å². The molecule has 0 radical (unpaired) electrons. The average molecular weight is 330 g/mol. The molecule has 2 rings (SSSR count). The minimum Gasteiger partial charge on any atom is -0.346 e. The van der Waals surface area contributed by atoms with Crippen LogP contribution in [0.25, 0.3) is 0 Å². The van der Waals surface area contributed by atoms with E-state index in [0.29, 0.717) is 10.6 Å². The fourth-order valence-corrected chi connectivity index (χ4v) is 2.39. The molecule has 104 valence electrons. The van der Waals surface area contributed by atoms with Crippen LogP contribution in [-0.4, -0.2) is 10.9 Å². The SMILES string of the molecule is CC(NC(=O)c1cc(Cl)nc(Cl)c1)c1cccc(Cl)c1. The van der Waals surface area contributed by atoms with Crippen LogP contribution >= 0.6 is 34.8 Å². The van der Waals surface area contributed by atoms with Crippen molar-refractivity contribution in [2.75, 3.05) is 0 Å². The highest BCUT2D eigenvalue weighted by Crippen LogP contribution is 2.19. The first kappa shape index (κ1) is 15.1. The van der Waals surface area contributed by atoms with Crippen molar-refractivity contribution in [2.45, 2.75) is 13.0 Å². The largest absolute Gasteiger partial charge is 0.346 e. The normalized spacial score (nSPS) is 12.0. The average Bonchev–Trinajstić information content (AvgIpc) is 2.37. The van der Waals surface area contributed by atoms with Crippen LogP contribution in [0.2, 0.25) is 15.3 Å². The van der Waals surface area contributed by atoms with Gasteiger partial charge in [0.25, 0.3) is 5.91 Å². The van der Waals surface area contributed by atoms with Crippen LogP contribution in [0, 0.1) is 0 Å². The van der Waals surface area contributed by atoms with Gasteiger partial charge in [0.05, 0.1) is 6.04 Å². The molecular formula is C14H11Cl3N2O. The van der Waals surface area contributed by atoms with E-state index < -0.39 is 0 Å². The van der Waals surface area contributed by atoms with Gasteiger partial charge < -0.3 is 5.32 Å². The van der Waals surface area contributed by atoms with Gasteiger partial charge in [-0.3, -0.25) is 4.79 Å². The molecule has 0 aliphatic rings. The molecule has 3 nitrogen and oxygen atoms in total. The number of halogens is 3. The molecular weight excluding hydrogens is 319 g/mol. The summed E-state index contributed by atoms with van der Waals surface area (Å²) in [6.07, 6.45) is 0. The van der Waals surface area contributed by atoms with Crippen molar-refractivity contribution in [2.24, 2.45) is 0 Å². The predicted molar refractivity (Wildman–Crippen MR) is 81.6 cm³/mol. The van der Waals surface area contributed by atoms with Crippen LogP contribution in [0.5, 0.6) is 0 Å². The van der Waals surface area contributed by atoms with E-state index in [0.717, 1.165) is 5.56 Å². The smallest absolute Gasteiger partial charge is 0.251 e. The Balaban J connectivity index is 2.15. The van der Waals surface area contributed by atoms with Crippen molar-refractivity contribution in [1.29, 1.82) is 0 Å². The first-order valence-electron chi connectivity index (χ1n) is 5.85. The number of nitrogens with zero attached hydrogens (tertiary/aromatic N) is 1. The molecule has 1 aromatic heterocycles. The van der Waals surface area contributed by atoms with Crippen molar-refractivity contribution < 1.29 is 4.79 Å². The van der Waals surface area contributed by atoms with E-state index in [1.165, 1.54) is 12.1 Å². The van der Waals surface area contributed by atoms with Crippen molar-refractivity contribution in [1.82, 2.24) is 10.3 Å². The van der Waals surface area contributed by atoms with Gasteiger partial charge in [-0.2, -0.15) is 0 Å². The van der Waals surface area contributed by atoms with Crippen LogP contribution in [0.1, 0.15) is 28.9 Å². The molecule has 1 aromatic carbocycles. The van der Waals surface area contributed by atoms with Gasteiger partial charge in [0.1, 0.15) is 10.3 Å². The summed E-state index contributed by atoms with van der Waals surface area (Å²) in [4.78, 5) is 15.9. The van der Waals surface area contributed by atoms with Crippen molar-refractivity contribution >= 4 is 40.7 Å². The summed E-state index contributed by atoms with van der Waals surface area (Å²) in [5.74, 6) is -0.274. The Morgan fingerprint density at radius 1 is 1.15 bits per heavy atom. The fourth-order valence-electron chi connectivity index (χ4n) is 1.74. The van der Waals surface area contributed by atoms with Gasteiger partial charge in [0, 0.05) is 10.6 Å². The Kier molecular flexibility index (Phi) is 4.86. The molecule has 20 heavy (non-hydrogen) atoms. The third kappa shape index (κ3) is 3.85. The summed E-state index contributed by atoms with van der Waals surface area (Å²) in [5.41, 5.74) is 1.28. The summed E-state index contributed by atoms with van der Waals surface area (Å²) < 4.78 is 0. The number of aromatic nitrogens is 1. The van der Waals surface area contributed by atoms with E-state index in [1.807, 2.05) is 19.1 Å². The lowest BCUT2D eigenvalue weighted by molar-refractivity contribution is 0.0940. The van der Waals surface area contributed by atoms with Crippen molar-refractivity contribution in [3.8, 4) is 0 Å². The molecule has 1 atom stereocenters. The van der Waals surface area contributed by atoms with Crippen LogP contribution in [0.4, 0.5) is 0 Å². The minimum absolute atomic E-state index is 0.179. The highest BCUT2D eigenvalue weighted by atomic mass is 35.5. The van der Waals surface area contributed by atoms with E-state index in [4.69, 9.17) is 34.8 Å². The van der Waals surface area contributed by atoms with Crippen LogP contribution < -0.4 is 5.32 Å².